The van der Waals surface area contributed by atoms with Gasteiger partial charge in [-0.25, -0.2) is 4.99 Å². The topological polar surface area (TPSA) is 65.5 Å². The molecule has 0 fully saturated rings. The number of aromatic nitrogens is 1. The maximum Gasteiger partial charge on any atom is 0.280 e. The number of H-pyrrole nitrogens is 1. The zero-order chi connectivity index (χ0) is 20.3. The van der Waals surface area contributed by atoms with E-state index < -0.39 is 5.91 Å². The Labute approximate surface area is 187 Å². The van der Waals surface area contributed by atoms with Gasteiger partial charge in [0.25, 0.3) is 5.91 Å². The second-order valence-electron chi connectivity index (χ2n) is 6.57. The summed E-state index contributed by atoms with van der Waals surface area (Å²) in [7, 11) is 0. The molecule has 0 spiro atoms. The molecule has 1 aromatic heterocycles. The Hall–Kier alpha value is -1.60. The number of aromatic amines is 1. The van der Waals surface area contributed by atoms with Gasteiger partial charge in [-0.15, -0.1) is 0 Å². The number of aryl methyl sites for hydroxylation is 2. The number of aliphatic imine (C=N–C) groups is 1. The summed E-state index contributed by atoms with van der Waals surface area (Å²) in [5.74, 6) is -0.634. The summed E-state index contributed by atoms with van der Waals surface area (Å²) in [5.41, 5.74) is 4.37. The molecule has 3 aromatic rings. The second-order valence-corrected chi connectivity index (χ2v) is 9.09. The number of halogens is 4. The van der Waals surface area contributed by atoms with Crippen molar-refractivity contribution < 1.29 is 9.90 Å². The molecule has 1 amide bonds. The van der Waals surface area contributed by atoms with Crippen molar-refractivity contribution in [2.75, 3.05) is 0 Å². The predicted octanol–water partition coefficient (Wildman–Crippen LogP) is 6.83. The number of nitrogens with zero attached hydrogens (tertiary/aromatic N) is 1. The lowest BCUT2D eigenvalue weighted by atomic mass is 9.99. The standard InChI is InChI=1S/C20H12Br2Cl2N2O2/c1-7-3-9(21)13(11(23)5-7)17-15-16(20(28)25-17)18(26-19(15)27)14-10(22)4-8(2)6-12(14)24/h3-6,25,28H,1-2H3. The van der Waals surface area contributed by atoms with Crippen LogP contribution in [0, 0.1) is 13.8 Å². The molecule has 8 heteroatoms. The minimum absolute atomic E-state index is 0.165. The smallest absolute Gasteiger partial charge is 0.280 e. The summed E-state index contributed by atoms with van der Waals surface area (Å²) in [6.45, 7) is 3.83. The molecular weight excluding hydrogens is 531 g/mol. The van der Waals surface area contributed by atoms with Crippen LogP contribution >= 0.6 is 55.1 Å². The Morgan fingerprint density at radius 3 is 1.96 bits per heavy atom. The van der Waals surface area contributed by atoms with E-state index in [1.54, 1.807) is 12.1 Å². The number of rotatable bonds is 2. The van der Waals surface area contributed by atoms with Crippen molar-refractivity contribution >= 4 is 66.7 Å². The number of benzene rings is 2. The molecule has 1 aliphatic heterocycles. The maximum absolute atomic E-state index is 12.8. The average molecular weight is 543 g/mol. The van der Waals surface area contributed by atoms with Gasteiger partial charge in [0.05, 0.1) is 32.6 Å². The fourth-order valence-corrected chi connectivity index (χ4v) is 5.87. The van der Waals surface area contributed by atoms with Crippen LogP contribution in [0.4, 0.5) is 0 Å². The molecule has 0 bridgehead atoms. The summed E-state index contributed by atoms with van der Waals surface area (Å²) in [4.78, 5) is 19.9. The lowest BCUT2D eigenvalue weighted by Crippen LogP contribution is -2.03. The van der Waals surface area contributed by atoms with Gasteiger partial charge in [-0.3, -0.25) is 4.79 Å². The fraction of sp³-hybridized carbons (Fsp3) is 0.100. The minimum Gasteiger partial charge on any atom is -0.494 e. The summed E-state index contributed by atoms with van der Waals surface area (Å²) >= 11 is 19.9. The van der Waals surface area contributed by atoms with Crippen LogP contribution in [0.15, 0.2) is 38.2 Å². The molecular formula is C20H12Br2Cl2N2O2. The van der Waals surface area contributed by atoms with Crippen LogP contribution in [0.2, 0.25) is 10.0 Å². The molecule has 4 nitrogen and oxygen atoms in total. The average Bonchev–Trinajstić information content (AvgIpc) is 3.05. The monoisotopic (exact) mass is 540 g/mol. The van der Waals surface area contributed by atoms with E-state index in [-0.39, 0.29) is 11.4 Å². The molecule has 0 aliphatic carbocycles. The van der Waals surface area contributed by atoms with Gasteiger partial charge in [0, 0.05) is 20.1 Å². The molecule has 0 unspecified atom stereocenters. The molecule has 0 radical (unpaired) electrons. The van der Waals surface area contributed by atoms with Crippen LogP contribution in [-0.4, -0.2) is 21.7 Å². The van der Waals surface area contributed by atoms with Crippen LogP contribution in [0.5, 0.6) is 5.88 Å². The van der Waals surface area contributed by atoms with E-state index in [0.29, 0.717) is 47.1 Å². The van der Waals surface area contributed by atoms with Crippen LogP contribution in [-0.2, 0) is 0 Å². The highest BCUT2D eigenvalue weighted by Crippen LogP contribution is 2.44. The number of amides is 1. The summed E-state index contributed by atoms with van der Waals surface area (Å²) in [6, 6.07) is 7.34. The van der Waals surface area contributed by atoms with Crippen molar-refractivity contribution in [2.24, 2.45) is 4.99 Å². The maximum atomic E-state index is 12.8. The third kappa shape index (κ3) is 3.03. The van der Waals surface area contributed by atoms with Crippen molar-refractivity contribution in [1.82, 2.24) is 4.98 Å². The predicted molar refractivity (Wildman–Crippen MR) is 119 cm³/mol. The highest BCUT2D eigenvalue weighted by Gasteiger charge is 2.36. The SMILES string of the molecule is Cc1cc(Cl)c(C2=NC(=O)c3c(-c4c(Cl)cc(C)cc4Br)[nH]c(O)c32)c(Br)c1. The molecule has 0 saturated heterocycles. The Morgan fingerprint density at radius 1 is 0.893 bits per heavy atom. The molecule has 28 heavy (non-hydrogen) atoms. The van der Waals surface area contributed by atoms with Crippen molar-refractivity contribution in [1.29, 1.82) is 0 Å². The van der Waals surface area contributed by atoms with Crippen LogP contribution in [0.1, 0.15) is 32.6 Å². The second kappa shape index (κ2) is 7.02. The highest BCUT2D eigenvalue weighted by molar-refractivity contribution is 9.11. The van der Waals surface area contributed by atoms with Gasteiger partial charge in [-0.2, -0.15) is 0 Å². The number of aromatic hydroxyl groups is 1. The number of carbonyl (C=O) groups excluding carboxylic acids is 1. The van der Waals surface area contributed by atoms with Crippen LogP contribution < -0.4 is 0 Å². The van der Waals surface area contributed by atoms with E-state index in [4.69, 9.17) is 23.2 Å². The van der Waals surface area contributed by atoms with Gasteiger partial charge < -0.3 is 10.1 Å². The van der Waals surface area contributed by atoms with Crippen LogP contribution in [0.25, 0.3) is 11.3 Å². The Balaban J connectivity index is 1.98. The van der Waals surface area contributed by atoms with E-state index in [9.17, 15) is 9.90 Å². The minimum atomic E-state index is -0.469. The van der Waals surface area contributed by atoms with Gasteiger partial charge in [-0.05, 0) is 49.2 Å². The Bertz CT molecular complexity index is 1170. The van der Waals surface area contributed by atoms with Gasteiger partial charge in [0.1, 0.15) is 0 Å². The normalized spacial score (nSPS) is 13.1. The zero-order valence-electron chi connectivity index (χ0n) is 14.6. The lowest BCUT2D eigenvalue weighted by molar-refractivity contribution is 0.101. The van der Waals surface area contributed by atoms with E-state index in [1.807, 2.05) is 26.0 Å². The number of carbonyl (C=O) groups is 1. The summed E-state index contributed by atoms with van der Waals surface area (Å²) < 4.78 is 1.39. The molecule has 142 valence electrons. The largest absolute Gasteiger partial charge is 0.494 e. The van der Waals surface area contributed by atoms with Crippen molar-refractivity contribution in [3.8, 4) is 17.1 Å². The van der Waals surface area contributed by atoms with E-state index in [1.165, 1.54) is 0 Å². The zero-order valence-corrected chi connectivity index (χ0v) is 19.3. The quantitative estimate of drug-likeness (QED) is 0.373. The van der Waals surface area contributed by atoms with E-state index >= 15 is 0 Å². The van der Waals surface area contributed by atoms with Crippen molar-refractivity contribution in [3.63, 3.8) is 0 Å². The lowest BCUT2D eigenvalue weighted by Gasteiger charge is -2.08. The van der Waals surface area contributed by atoms with Crippen molar-refractivity contribution in [3.05, 3.63) is 71.1 Å². The van der Waals surface area contributed by atoms with E-state index in [2.05, 4.69) is 41.8 Å². The summed E-state index contributed by atoms with van der Waals surface area (Å²) in [5, 5.41) is 11.5. The first-order valence-corrected chi connectivity index (χ1v) is 10.5. The van der Waals surface area contributed by atoms with Crippen LogP contribution in [0.3, 0.4) is 0 Å². The first-order valence-electron chi connectivity index (χ1n) is 8.19. The molecule has 2 heterocycles. The van der Waals surface area contributed by atoms with Gasteiger partial charge in [0.2, 0.25) is 0 Å². The Morgan fingerprint density at radius 2 is 1.43 bits per heavy atom. The first-order chi connectivity index (χ1) is 13.2. The number of hydrogen-bond acceptors (Lipinski definition) is 2. The molecule has 1 aliphatic rings. The third-order valence-electron chi connectivity index (χ3n) is 4.50. The molecule has 2 N–H and O–H groups in total. The van der Waals surface area contributed by atoms with Crippen molar-refractivity contribution in [2.45, 2.75) is 13.8 Å². The number of hydrogen-bond donors (Lipinski definition) is 2. The molecule has 0 saturated carbocycles. The third-order valence-corrected chi connectivity index (χ3v) is 6.35. The highest BCUT2D eigenvalue weighted by atomic mass is 79.9. The van der Waals surface area contributed by atoms with Gasteiger partial charge in [0.15, 0.2) is 5.88 Å². The molecule has 2 aromatic carbocycles. The number of fused-ring (bicyclic) bond motifs is 1. The van der Waals surface area contributed by atoms with Gasteiger partial charge in [-0.1, -0.05) is 55.1 Å². The fourth-order valence-electron chi connectivity index (χ4n) is 3.38. The summed E-state index contributed by atoms with van der Waals surface area (Å²) in [6.07, 6.45) is 0. The molecule has 0 atom stereocenters. The van der Waals surface area contributed by atoms with Gasteiger partial charge >= 0.3 is 0 Å². The Kier molecular flexibility index (Phi) is 4.94. The first kappa shape index (κ1) is 19.7. The number of nitrogens with one attached hydrogen (secondary N) is 1. The molecule has 4 rings (SSSR count). The van der Waals surface area contributed by atoms with E-state index in [0.717, 1.165) is 11.1 Å².